The standard InChI is InChI=1S/C15H22O2/c1-2-3-9-15(16)10-14(15)12-17-11-13-7-5-4-6-8-13/h4-8,14,16H,2-3,9-12H2,1H3/t14-,15+/m0/s1. The summed E-state index contributed by atoms with van der Waals surface area (Å²) in [7, 11) is 0. The summed E-state index contributed by atoms with van der Waals surface area (Å²) in [6.45, 7) is 3.50. The van der Waals surface area contributed by atoms with E-state index in [-0.39, 0.29) is 0 Å². The first-order chi connectivity index (χ1) is 8.24. The highest BCUT2D eigenvalue weighted by Crippen LogP contribution is 2.47. The van der Waals surface area contributed by atoms with Crippen LogP contribution in [0.25, 0.3) is 0 Å². The van der Waals surface area contributed by atoms with Crippen molar-refractivity contribution in [1.82, 2.24) is 0 Å². The smallest absolute Gasteiger partial charge is 0.0717 e. The fourth-order valence-corrected chi connectivity index (χ4v) is 2.26. The van der Waals surface area contributed by atoms with Crippen molar-refractivity contribution in [2.75, 3.05) is 6.61 Å². The van der Waals surface area contributed by atoms with Gasteiger partial charge in [0, 0.05) is 5.92 Å². The number of aliphatic hydroxyl groups is 1. The molecule has 1 aliphatic rings. The van der Waals surface area contributed by atoms with Gasteiger partial charge in [-0.05, 0) is 18.4 Å². The van der Waals surface area contributed by atoms with Crippen molar-refractivity contribution in [2.24, 2.45) is 5.92 Å². The van der Waals surface area contributed by atoms with Crippen molar-refractivity contribution >= 4 is 0 Å². The zero-order valence-electron chi connectivity index (χ0n) is 10.6. The highest BCUT2D eigenvalue weighted by Gasteiger charge is 2.51. The van der Waals surface area contributed by atoms with Crippen LogP contribution in [0, 0.1) is 5.92 Å². The lowest BCUT2D eigenvalue weighted by Crippen LogP contribution is -2.13. The average Bonchev–Trinajstić information content (AvgIpc) is 3.00. The monoisotopic (exact) mass is 234 g/mol. The fraction of sp³-hybridized carbons (Fsp3) is 0.600. The minimum absolute atomic E-state index is 0.359. The molecule has 0 radical (unpaired) electrons. The molecule has 2 heteroatoms. The molecular weight excluding hydrogens is 212 g/mol. The van der Waals surface area contributed by atoms with E-state index in [2.05, 4.69) is 19.1 Å². The van der Waals surface area contributed by atoms with Crippen molar-refractivity contribution in [2.45, 2.75) is 44.8 Å². The molecular formula is C15H22O2. The van der Waals surface area contributed by atoms with Crippen molar-refractivity contribution in [3.63, 3.8) is 0 Å². The lowest BCUT2D eigenvalue weighted by atomic mass is 10.1. The normalized spacial score (nSPS) is 27.1. The van der Waals surface area contributed by atoms with Gasteiger partial charge >= 0.3 is 0 Å². The van der Waals surface area contributed by atoms with Crippen molar-refractivity contribution in [3.05, 3.63) is 35.9 Å². The third kappa shape index (κ3) is 3.55. The van der Waals surface area contributed by atoms with Crippen LogP contribution < -0.4 is 0 Å². The van der Waals surface area contributed by atoms with E-state index in [1.807, 2.05) is 18.2 Å². The predicted octanol–water partition coefficient (Wildman–Crippen LogP) is 3.14. The van der Waals surface area contributed by atoms with Gasteiger partial charge in [-0.1, -0.05) is 50.1 Å². The molecule has 0 amide bonds. The van der Waals surface area contributed by atoms with Gasteiger partial charge in [0.15, 0.2) is 0 Å². The topological polar surface area (TPSA) is 29.5 Å². The average molecular weight is 234 g/mol. The molecule has 1 aliphatic carbocycles. The molecule has 17 heavy (non-hydrogen) atoms. The number of hydrogen-bond acceptors (Lipinski definition) is 2. The molecule has 1 aromatic carbocycles. The molecule has 1 aromatic rings. The Kier molecular flexibility index (Phi) is 4.19. The van der Waals surface area contributed by atoms with Gasteiger partial charge in [0.05, 0.1) is 18.8 Å². The highest BCUT2D eigenvalue weighted by molar-refractivity contribution is 5.13. The number of ether oxygens (including phenoxy) is 1. The molecule has 2 rings (SSSR count). The molecule has 1 fully saturated rings. The second kappa shape index (κ2) is 5.65. The second-order valence-corrected chi connectivity index (χ2v) is 5.11. The molecule has 1 N–H and O–H groups in total. The lowest BCUT2D eigenvalue weighted by Gasteiger charge is -2.10. The van der Waals surface area contributed by atoms with E-state index in [1.165, 1.54) is 5.56 Å². The molecule has 94 valence electrons. The van der Waals surface area contributed by atoms with Crippen LogP contribution in [-0.2, 0) is 11.3 Å². The van der Waals surface area contributed by atoms with E-state index >= 15 is 0 Å². The number of hydrogen-bond donors (Lipinski definition) is 1. The van der Waals surface area contributed by atoms with Crippen LogP contribution in [0.5, 0.6) is 0 Å². The minimum Gasteiger partial charge on any atom is -0.389 e. The molecule has 0 saturated heterocycles. The van der Waals surface area contributed by atoms with Crippen molar-refractivity contribution in [3.8, 4) is 0 Å². The summed E-state index contributed by atoms with van der Waals surface area (Å²) in [6, 6.07) is 10.2. The van der Waals surface area contributed by atoms with E-state index in [4.69, 9.17) is 4.74 Å². The van der Waals surface area contributed by atoms with Gasteiger partial charge in [0.1, 0.15) is 0 Å². The summed E-state index contributed by atoms with van der Waals surface area (Å²) in [5, 5.41) is 10.1. The largest absolute Gasteiger partial charge is 0.389 e. The molecule has 2 atom stereocenters. The van der Waals surface area contributed by atoms with E-state index in [0.29, 0.717) is 19.1 Å². The second-order valence-electron chi connectivity index (χ2n) is 5.11. The summed E-state index contributed by atoms with van der Waals surface area (Å²) in [4.78, 5) is 0. The molecule has 0 heterocycles. The highest BCUT2D eigenvalue weighted by atomic mass is 16.5. The first-order valence-corrected chi connectivity index (χ1v) is 6.58. The summed E-state index contributed by atoms with van der Waals surface area (Å²) >= 11 is 0. The molecule has 0 unspecified atom stereocenters. The molecule has 2 nitrogen and oxygen atoms in total. The predicted molar refractivity (Wildman–Crippen MR) is 68.7 cm³/mol. The maximum atomic E-state index is 10.1. The molecule has 0 aromatic heterocycles. The maximum Gasteiger partial charge on any atom is 0.0717 e. The van der Waals surface area contributed by atoms with Gasteiger partial charge in [-0.2, -0.15) is 0 Å². The minimum atomic E-state index is -0.410. The van der Waals surface area contributed by atoms with Gasteiger partial charge in [0.25, 0.3) is 0 Å². The Morgan fingerprint density at radius 3 is 2.82 bits per heavy atom. The Hall–Kier alpha value is -0.860. The molecule has 0 bridgehead atoms. The zero-order valence-corrected chi connectivity index (χ0v) is 10.6. The zero-order chi connectivity index (χ0) is 12.1. The van der Waals surface area contributed by atoms with Crippen LogP contribution in [-0.4, -0.2) is 17.3 Å². The van der Waals surface area contributed by atoms with Gasteiger partial charge in [-0.15, -0.1) is 0 Å². The van der Waals surface area contributed by atoms with Gasteiger partial charge in [-0.3, -0.25) is 0 Å². The Morgan fingerprint density at radius 1 is 1.35 bits per heavy atom. The summed E-state index contributed by atoms with van der Waals surface area (Å²) < 4.78 is 5.66. The lowest BCUT2D eigenvalue weighted by molar-refractivity contribution is 0.0616. The number of rotatable bonds is 7. The summed E-state index contributed by atoms with van der Waals surface area (Å²) in [6.07, 6.45) is 4.12. The summed E-state index contributed by atoms with van der Waals surface area (Å²) in [5.74, 6) is 0.359. The Bertz CT molecular complexity index is 336. The maximum absolute atomic E-state index is 10.1. The third-order valence-corrected chi connectivity index (χ3v) is 3.59. The SMILES string of the molecule is CCCC[C@@]1(O)C[C@H]1COCc1ccccc1. The van der Waals surface area contributed by atoms with E-state index in [0.717, 1.165) is 25.7 Å². The first-order valence-electron chi connectivity index (χ1n) is 6.58. The summed E-state index contributed by atoms with van der Waals surface area (Å²) in [5.41, 5.74) is 0.789. The van der Waals surface area contributed by atoms with E-state index < -0.39 is 5.60 Å². The molecule has 1 saturated carbocycles. The molecule has 0 aliphatic heterocycles. The number of unbranched alkanes of at least 4 members (excludes halogenated alkanes) is 1. The van der Waals surface area contributed by atoms with Crippen LogP contribution in [0.15, 0.2) is 30.3 Å². The number of benzene rings is 1. The van der Waals surface area contributed by atoms with Gasteiger partial charge in [-0.25, -0.2) is 0 Å². The van der Waals surface area contributed by atoms with Gasteiger partial charge in [0.2, 0.25) is 0 Å². The van der Waals surface area contributed by atoms with Crippen LogP contribution >= 0.6 is 0 Å². The van der Waals surface area contributed by atoms with Crippen LogP contribution in [0.2, 0.25) is 0 Å². The third-order valence-electron chi connectivity index (χ3n) is 3.59. The van der Waals surface area contributed by atoms with Crippen LogP contribution in [0.1, 0.15) is 38.2 Å². The quantitative estimate of drug-likeness (QED) is 0.785. The molecule has 0 spiro atoms. The Balaban J connectivity index is 1.64. The van der Waals surface area contributed by atoms with Crippen LogP contribution in [0.4, 0.5) is 0 Å². The first kappa shape index (κ1) is 12.6. The van der Waals surface area contributed by atoms with Crippen molar-refractivity contribution < 1.29 is 9.84 Å². The van der Waals surface area contributed by atoms with E-state index in [9.17, 15) is 5.11 Å². The van der Waals surface area contributed by atoms with Crippen LogP contribution in [0.3, 0.4) is 0 Å². The Morgan fingerprint density at radius 2 is 2.12 bits per heavy atom. The van der Waals surface area contributed by atoms with Gasteiger partial charge < -0.3 is 9.84 Å². The van der Waals surface area contributed by atoms with Crippen molar-refractivity contribution in [1.29, 1.82) is 0 Å². The van der Waals surface area contributed by atoms with E-state index in [1.54, 1.807) is 0 Å². The Labute approximate surface area is 104 Å². The fourth-order valence-electron chi connectivity index (χ4n) is 2.26.